The smallest absolute Gasteiger partial charge is 0.414 e. The lowest BCUT2D eigenvalue weighted by Crippen LogP contribution is -2.23. The van der Waals surface area contributed by atoms with Crippen LogP contribution in [0.3, 0.4) is 0 Å². The molecule has 1 amide bonds. The number of nitrogens with zero attached hydrogens (tertiary/aromatic N) is 1. The highest BCUT2D eigenvalue weighted by Crippen LogP contribution is 2.23. The predicted octanol–water partition coefficient (Wildman–Crippen LogP) is 4.33. The van der Waals surface area contributed by atoms with Gasteiger partial charge in [-0.3, -0.25) is 9.69 Å². The number of hydrogen-bond acceptors (Lipinski definition) is 4. The maximum Gasteiger partial charge on any atom is 0.414 e. The summed E-state index contributed by atoms with van der Waals surface area (Å²) in [6.45, 7) is 4.77. The van der Waals surface area contributed by atoms with Crippen LogP contribution in [0.15, 0.2) is 54.6 Å². The van der Waals surface area contributed by atoms with Crippen molar-refractivity contribution < 1.29 is 19.1 Å². The summed E-state index contributed by atoms with van der Waals surface area (Å²) in [5.74, 6) is 0.596. The Hall–Kier alpha value is -3.08. The SMILES string of the molecule is CC(C)Oc1ccccc1/C=C/C(=O)c1cccc(N2CCOC2=O)c1. The average molecular weight is 351 g/mol. The highest BCUT2D eigenvalue weighted by Gasteiger charge is 2.23. The van der Waals surface area contributed by atoms with Crippen molar-refractivity contribution >= 4 is 23.6 Å². The summed E-state index contributed by atoms with van der Waals surface area (Å²) < 4.78 is 10.7. The predicted molar refractivity (Wildman–Crippen MR) is 101 cm³/mol. The molecule has 1 fully saturated rings. The fourth-order valence-electron chi connectivity index (χ4n) is 2.70. The van der Waals surface area contributed by atoms with Crippen LogP contribution in [0.5, 0.6) is 5.75 Å². The minimum Gasteiger partial charge on any atom is -0.490 e. The Balaban J connectivity index is 1.78. The fourth-order valence-corrected chi connectivity index (χ4v) is 2.70. The van der Waals surface area contributed by atoms with Gasteiger partial charge < -0.3 is 9.47 Å². The number of allylic oxidation sites excluding steroid dienone is 1. The second kappa shape index (κ2) is 7.87. The molecule has 0 aromatic heterocycles. The molecule has 26 heavy (non-hydrogen) atoms. The number of para-hydroxylation sites is 1. The summed E-state index contributed by atoms with van der Waals surface area (Å²) in [7, 11) is 0. The quantitative estimate of drug-likeness (QED) is 0.574. The highest BCUT2D eigenvalue weighted by atomic mass is 16.6. The molecule has 2 aromatic carbocycles. The summed E-state index contributed by atoms with van der Waals surface area (Å²) in [6, 6.07) is 14.6. The molecule has 0 N–H and O–H groups in total. The molecule has 1 heterocycles. The van der Waals surface area contributed by atoms with Gasteiger partial charge in [-0.05, 0) is 44.2 Å². The number of carbonyl (C=O) groups excluding carboxylic acids is 2. The first-order valence-corrected chi connectivity index (χ1v) is 8.57. The Bertz CT molecular complexity index is 841. The van der Waals surface area contributed by atoms with E-state index in [0.29, 0.717) is 24.4 Å². The van der Waals surface area contributed by atoms with Crippen LogP contribution in [-0.2, 0) is 4.74 Å². The third-order valence-electron chi connectivity index (χ3n) is 3.90. The Morgan fingerprint density at radius 1 is 1.19 bits per heavy atom. The monoisotopic (exact) mass is 351 g/mol. The van der Waals surface area contributed by atoms with Gasteiger partial charge in [0.1, 0.15) is 12.4 Å². The molecule has 0 unspecified atom stereocenters. The van der Waals surface area contributed by atoms with Crippen molar-refractivity contribution in [3.63, 3.8) is 0 Å². The van der Waals surface area contributed by atoms with Crippen LogP contribution >= 0.6 is 0 Å². The molecular weight excluding hydrogens is 330 g/mol. The first-order valence-electron chi connectivity index (χ1n) is 8.57. The number of carbonyl (C=O) groups is 2. The van der Waals surface area contributed by atoms with Gasteiger partial charge >= 0.3 is 6.09 Å². The van der Waals surface area contributed by atoms with Gasteiger partial charge in [-0.2, -0.15) is 0 Å². The molecule has 2 aromatic rings. The van der Waals surface area contributed by atoms with Crippen molar-refractivity contribution in [2.45, 2.75) is 20.0 Å². The lowest BCUT2D eigenvalue weighted by Gasteiger charge is -2.13. The van der Waals surface area contributed by atoms with Crippen LogP contribution in [0, 0.1) is 0 Å². The van der Waals surface area contributed by atoms with E-state index in [0.717, 1.165) is 11.3 Å². The van der Waals surface area contributed by atoms with Gasteiger partial charge in [-0.25, -0.2) is 4.79 Å². The summed E-state index contributed by atoms with van der Waals surface area (Å²) in [4.78, 5) is 25.7. The highest BCUT2D eigenvalue weighted by molar-refractivity contribution is 6.07. The molecule has 0 saturated carbocycles. The molecule has 0 bridgehead atoms. The van der Waals surface area contributed by atoms with Crippen LogP contribution in [0.2, 0.25) is 0 Å². The van der Waals surface area contributed by atoms with Gasteiger partial charge in [0.2, 0.25) is 0 Å². The Morgan fingerprint density at radius 3 is 2.73 bits per heavy atom. The van der Waals surface area contributed by atoms with Crippen molar-refractivity contribution in [3.05, 3.63) is 65.7 Å². The number of ether oxygens (including phenoxy) is 2. The second-order valence-corrected chi connectivity index (χ2v) is 6.22. The maximum absolute atomic E-state index is 12.5. The van der Waals surface area contributed by atoms with E-state index in [9.17, 15) is 9.59 Å². The summed E-state index contributed by atoms with van der Waals surface area (Å²) in [5, 5.41) is 0. The third-order valence-corrected chi connectivity index (χ3v) is 3.90. The first-order chi connectivity index (χ1) is 12.5. The van der Waals surface area contributed by atoms with E-state index >= 15 is 0 Å². The molecular formula is C21H21NO4. The van der Waals surface area contributed by atoms with Crippen LogP contribution < -0.4 is 9.64 Å². The van der Waals surface area contributed by atoms with E-state index in [2.05, 4.69) is 0 Å². The molecule has 1 saturated heterocycles. The average Bonchev–Trinajstić information content (AvgIpc) is 3.06. The molecule has 0 spiro atoms. The van der Waals surface area contributed by atoms with Crippen LogP contribution in [-0.4, -0.2) is 31.1 Å². The maximum atomic E-state index is 12.5. The van der Waals surface area contributed by atoms with Gasteiger partial charge in [0.05, 0.1) is 12.6 Å². The van der Waals surface area contributed by atoms with Gasteiger partial charge in [-0.15, -0.1) is 0 Å². The molecule has 5 nitrogen and oxygen atoms in total. The fraction of sp³-hybridized carbons (Fsp3) is 0.238. The molecule has 134 valence electrons. The normalized spacial score (nSPS) is 14.1. The van der Waals surface area contributed by atoms with E-state index < -0.39 is 0 Å². The Labute approximate surface area is 152 Å². The van der Waals surface area contributed by atoms with Crippen LogP contribution in [0.4, 0.5) is 10.5 Å². The standard InChI is InChI=1S/C21H21NO4/c1-15(2)26-20-9-4-3-6-16(20)10-11-19(23)17-7-5-8-18(14-17)22-12-13-25-21(22)24/h3-11,14-15H,12-13H2,1-2H3/b11-10+. The molecule has 3 rings (SSSR count). The van der Waals surface area contributed by atoms with E-state index in [4.69, 9.17) is 9.47 Å². The lowest BCUT2D eigenvalue weighted by atomic mass is 10.1. The summed E-state index contributed by atoms with van der Waals surface area (Å²) in [5.41, 5.74) is 2.02. The molecule has 0 aliphatic carbocycles. The summed E-state index contributed by atoms with van der Waals surface area (Å²) >= 11 is 0. The number of anilines is 1. The zero-order valence-electron chi connectivity index (χ0n) is 14.8. The number of hydrogen-bond donors (Lipinski definition) is 0. The van der Waals surface area contributed by atoms with E-state index in [1.54, 1.807) is 30.3 Å². The number of rotatable bonds is 6. The molecule has 0 radical (unpaired) electrons. The largest absolute Gasteiger partial charge is 0.490 e. The van der Waals surface area contributed by atoms with Gasteiger partial charge in [-0.1, -0.05) is 30.3 Å². The lowest BCUT2D eigenvalue weighted by molar-refractivity contribution is 0.104. The molecule has 1 aliphatic rings. The van der Waals surface area contributed by atoms with Crippen molar-refractivity contribution in [1.29, 1.82) is 0 Å². The third kappa shape index (κ3) is 4.11. The zero-order chi connectivity index (χ0) is 18.5. The van der Waals surface area contributed by atoms with Gasteiger partial charge in [0.25, 0.3) is 0 Å². The molecule has 1 aliphatic heterocycles. The minimum atomic E-state index is -0.384. The number of cyclic esters (lactones) is 1. The van der Waals surface area contributed by atoms with E-state index in [1.165, 1.54) is 11.0 Å². The first kappa shape index (κ1) is 17.7. The number of amides is 1. The minimum absolute atomic E-state index is 0.0529. The summed E-state index contributed by atoms with van der Waals surface area (Å²) in [6.07, 6.45) is 2.93. The van der Waals surface area contributed by atoms with Gasteiger partial charge in [0.15, 0.2) is 5.78 Å². The van der Waals surface area contributed by atoms with Gasteiger partial charge in [0, 0.05) is 16.8 Å². The molecule has 0 atom stereocenters. The molecule has 5 heteroatoms. The van der Waals surface area contributed by atoms with Crippen molar-refractivity contribution in [1.82, 2.24) is 0 Å². The number of benzene rings is 2. The van der Waals surface area contributed by atoms with Crippen LogP contribution in [0.1, 0.15) is 29.8 Å². The number of ketones is 1. The van der Waals surface area contributed by atoms with E-state index in [-0.39, 0.29) is 18.0 Å². The topological polar surface area (TPSA) is 55.8 Å². The van der Waals surface area contributed by atoms with Crippen LogP contribution in [0.25, 0.3) is 6.08 Å². The second-order valence-electron chi connectivity index (χ2n) is 6.22. The Morgan fingerprint density at radius 2 is 2.00 bits per heavy atom. The zero-order valence-corrected chi connectivity index (χ0v) is 14.8. The Kier molecular flexibility index (Phi) is 5.37. The van der Waals surface area contributed by atoms with Crippen molar-refractivity contribution in [2.24, 2.45) is 0 Å². The van der Waals surface area contributed by atoms with E-state index in [1.807, 2.05) is 38.1 Å². The van der Waals surface area contributed by atoms with Crippen molar-refractivity contribution in [2.75, 3.05) is 18.1 Å². The van der Waals surface area contributed by atoms with Crippen molar-refractivity contribution in [3.8, 4) is 5.75 Å².